The van der Waals surface area contributed by atoms with Crippen molar-refractivity contribution in [3.05, 3.63) is 23.8 Å². The van der Waals surface area contributed by atoms with E-state index < -0.39 is 10.8 Å². The zero-order valence-electron chi connectivity index (χ0n) is 11.3. The van der Waals surface area contributed by atoms with Crippen LogP contribution in [-0.2, 0) is 10.8 Å². The van der Waals surface area contributed by atoms with Gasteiger partial charge in [0.1, 0.15) is 0 Å². The molecule has 106 valence electrons. The lowest BCUT2D eigenvalue weighted by Gasteiger charge is -2.22. The topological polar surface area (TPSA) is 86.7 Å². The molecule has 1 aliphatic heterocycles. The average molecular weight is 291 g/mol. The molecule has 2 heterocycles. The molecule has 7 heteroatoms. The Bertz CT molecular complexity index is 644. The minimum Gasteiger partial charge on any atom is -0.399 e. The van der Waals surface area contributed by atoms with Crippen LogP contribution in [0.15, 0.2) is 18.2 Å². The van der Waals surface area contributed by atoms with Crippen molar-refractivity contribution in [2.24, 2.45) is 0 Å². The zero-order valence-corrected chi connectivity index (χ0v) is 12.1. The molecule has 0 aliphatic carbocycles. The minimum atomic E-state index is -0.680. The van der Waals surface area contributed by atoms with Crippen molar-refractivity contribution >= 4 is 16.5 Å². The van der Waals surface area contributed by atoms with Crippen LogP contribution in [0.3, 0.4) is 0 Å². The van der Waals surface area contributed by atoms with Crippen molar-refractivity contribution in [1.82, 2.24) is 20.2 Å². The van der Waals surface area contributed by atoms with Crippen molar-refractivity contribution in [3.8, 4) is 11.4 Å². The van der Waals surface area contributed by atoms with Crippen LogP contribution in [0.2, 0.25) is 0 Å². The van der Waals surface area contributed by atoms with Crippen LogP contribution < -0.4 is 5.73 Å². The fourth-order valence-corrected chi connectivity index (χ4v) is 3.85. The normalized spacial score (nSPS) is 22.9. The molecule has 2 N–H and O–H groups in total. The molecule has 0 atom stereocenters. The fraction of sp³-hybridized carbons (Fsp3) is 0.462. The molecule has 0 saturated carbocycles. The number of aryl methyl sites for hydroxylation is 1. The Kier molecular flexibility index (Phi) is 3.52. The van der Waals surface area contributed by atoms with Crippen LogP contribution in [0.1, 0.15) is 24.4 Å². The number of aromatic nitrogens is 4. The fourth-order valence-electron chi connectivity index (χ4n) is 2.58. The predicted molar refractivity (Wildman–Crippen MR) is 78.5 cm³/mol. The Labute approximate surface area is 119 Å². The van der Waals surface area contributed by atoms with Gasteiger partial charge in [-0.2, -0.15) is 0 Å². The molecule has 0 radical (unpaired) electrons. The second kappa shape index (κ2) is 5.32. The molecule has 1 fully saturated rings. The molecule has 20 heavy (non-hydrogen) atoms. The Morgan fingerprint density at radius 1 is 1.35 bits per heavy atom. The van der Waals surface area contributed by atoms with E-state index in [4.69, 9.17) is 5.73 Å². The third-order valence-electron chi connectivity index (χ3n) is 3.69. The lowest BCUT2D eigenvalue weighted by atomic mass is 10.1. The van der Waals surface area contributed by atoms with Crippen molar-refractivity contribution in [1.29, 1.82) is 0 Å². The molecule has 0 spiro atoms. The molecule has 0 amide bonds. The summed E-state index contributed by atoms with van der Waals surface area (Å²) in [6.07, 6.45) is 1.72. The number of nitrogens with zero attached hydrogens (tertiary/aromatic N) is 4. The quantitative estimate of drug-likeness (QED) is 0.843. The highest BCUT2D eigenvalue weighted by Gasteiger charge is 2.24. The van der Waals surface area contributed by atoms with Gasteiger partial charge in [0.05, 0.1) is 6.04 Å². The van der Waals surface area contributed by atoms with E-state index in [0.29, 0.717) is 0 Å². The molecular weight excluding hydrogens is 274 g/mol. The lowest BCUT2D eigenvalue weighted by molar-refractivity contribution is 0.415. The Balaban J connectivity index is 1.95. The second-order valence-electron chi connectivity index (χ2n) is 5.10. The van der Waals surface area contributed by atoms with Crippen molar-refractivity contribution < 1.29 is 4.21 Å². The number of anilines is 1. The number of benzene rings is 1. The van der Waals surface area contributed by atoms with Crippen LogP contribution in [-0.4, -0.2) is 35.9 Å². The van der Waals surface area contributed by atoms with E-state index >= 15 is 0 Å². The standard InChI is InChI=1S/C13H17N5OS/c1-9-8-10(14)2-3-12(9)13-15-16-17-18(13)11-4-6-20(19)7-5-11/h2-3,8,11H,4-7,14H2,1H3. The maximum atomic E-state index is 11.5. The van der Waals surface area contributed by atoms with E-state index in [1.165, 1.54) is 0 Å². The van der Waals surface area contributed by atoms with Gasteiger partial charge < -0.3 is 5.73 Å². The first kappa shape index (κ1) is 13.2. The first-order valence-electron chi connectivity index (χ1n) is 6.64. The molecule has 0 unspecified atom stereocenters. The van der Waals surface area contributed by atoms with Crippen molar-refractivity contribution in [2.45, 2.75) is 25.8 Å². The summed E-state index contributed by atoms with van der Waals surface area (Å²) in [6.45, 7) is 2.00. The summed E-state index contributed by atoms with van der Waals surface area (Å²) in [5, 5.41) is 12.1. The first-order chi connectivity index (χ1) is 9.65. The van der Waals surface area contributed by atoms with Crippen molar-refractivity contribution in [2.75, 3.05) is 17.2 Å². The van der Waals surface area contributed by atoms with Gasteiger partial charge in [-0.25, -0.2) is 4.68 Å². The molecule has 3 rings (SSSR count). The second-order valence-corrected chi connectivity index (χ2v) is 6.80. The van der Waals surface area contributed by atoms with E-state index in [1.54, 1.807) is 0 Å². The van der Waals surface area contributed by atoms with Crippen LogP contribution in [0.5, 0.6) is 0 Å². The van der Waals surface area contributed by atoms with Gasteiger partial charge in [0.25, 0.3) is 0 Å². The zero-order chi connectivity index (χ0) is 14.1. The largest absolute Gasteiger partial charge is 0.399 e. The van der Waals surface area contributed by atoms with Crippen LogP contribution in [0, 0.1) is 6.92 Å². The monoisotopic (exact) mass is 291 g/mol. The Hall–Kier alpha value is -1.76. The number of hydrogen-bond donors (Lipinski definition) is 1. The van der Waals surface area contributed by atoms with E-state index in [9.17, 15) is 4.21 Å². The Morgan fingerprint density at radius 2 is 2.10 bits per heavy atom. The number of tetrazole rings is 1. The minimum absolute atomic E-state index is 0.231. The third-order valence-corrected chi connectivity index (χ3v) is 5.07. The predicted octanol–water partition coefficient (Wildman–Crippen LogP) is 1.31. The molecule has 2 aromatic rings. The molecule has 0 bridgehead atoms. The van der Waals surface area contributed by atoms with E-state index in [2.05, 4.69) is 15.5 Å². The summed E-state index contributed by atoms with van der Waals surface area (Å²) in [6, 6.07) is 5.96. The number of hydrogen-bond acceptors (Lipinski definition) is 5. The van der Waals surface area contributed by atoms with Gasteiger partial charge in [0, 0.05) is 33.6 Å². The van der Waals surface area contributed by atoms with E-state index in [0.717, 1.165) is 47.0 Å². The Morgan fingerprint density at radius 3 is 2.80 bits per heavy atom. The summed E-state index contributed by atoms with van der Waals surface area (Å²) in [4.78, 5) is 0. The lowest BCUT2D eigenvalue weighted by Crippen LogP contribution is -2.23. The number of nitrogens with two attached hydrogens (primary N) is 1. The molecule has 1 saturated heterocycles. The van der Waals surface area contributed by atoms with Gasteiger partial charge in [-0.15, -0.1) is 5.10 Å². The highest BCUT2D eigenvalue weighted by molar-refractivity contribution is 7.85. The van der Waals surface area contributed by atoms with Crippen LogP contribution in [0.25, 0.3) is 11.4 Å². The van der Waals surface area contributed by atoms with Gasteiger partial charge in [-0.3, -0.25) is 4.21 Å². The molecule has 6 nitrogen and oxygen atoms in total. The molecular formula is C13H17N5OS. The van der Waals surface area contributed by atoms with Crippen molar-refractivity contribution in [3.63, 3.8) is 0 Å². The summed E-state index contributed by atoms with van der Waals surface area (Å²) >= 11 is 0. The van der Waals surface area contributed by atoms with Gasteiger partial charge in [0.15, 0.2) is 5.82 Å². The summed E-state index contributed by atoms with van der Waals surface area (Å²) < 4.78 is 13.3. The van der Waals surface area contributed by atoms with E-state index in [-0.39, 0.29) is 6.04 Å². The van der Waals surface area contributed by atoms with Gasteiger partial charge in [0.2, 0.25) is 0 Å². The smallest absolute Gasteiger partial charge is 0.182 e. The molecule has 1 aromatic carbocycles. The summed E-state index contributed by atoms with van der Waals surface area (Å²) in [5.41, 5.74) is 8.57. The average Bonchev–Trinajstić information content (AvgIpc) is 2.88. The highest BCUT2D eigenvalue weighted by Crippen LogP contribution is 2.28. The molecule has 1 aliphatic rings. The van der Waals surface area contributed by atoms with E-state index in [1.807, 2.05) is 29.8 Å². The van der Waals surface area contributed by atoms with Gasteiger partial charge in [-0.05, 0) is 54.0 Å². The maximum absolute atomic E-state index is 11.5. The SMILES string of the molecule is Cc1cc(N)ccc1-c1nnnn1C1CCS(=O)CC1. The highest BCUT2D eigenvalue weighted by atomic mass is 32.2. The third kappa shape index (κ3) is 2.45. The number of nitrogen functional groups attached to an aromatic ring is 1. The first-order valence-corrected chi connectivity index (χ1v) is 8.13. The van der Waals surface area contributed by atoms with Crippen LogP contribution >= 0.6 is 0 Å². The van der Waals surface area contributed by atoms with Crippen LogP contribution in [0.4, 0.5) is 5.69 Å². The molecule has 1 aromatic heterocycles. The number of rotatable bonds is 2. The summed E-state index contributed by atoms with van der Waals surface area (Å²) in [7, 11) is -0.680. The van der Waals surface area contributed by atoms with Gasteiger partial charge in [-0.1, -0.05) is 0 Å². The summed E-state index contributed by atoms with van der Waals surface area (Å²) in [5.74, 6) is 2.22. The maximum Gasteiger partial charge on any atom is 0.182 e. The van der Waals surface area contributed by atoms with Gasteiger partial charge >= 0.3 is 0 Å².